The van der Waals surface area contributed by atoms with Crippen LogP contribution in [0.25, 0.3) is 0 Å². The lowest BCUT2D eigenvalue weighted by molar-refractivity contribution is 0.620. The number of nitrogens with zero attached hydrogens (tertiary/aromatic N) is 5. The van der Waals surface area contributed by atoms with Crippen molar-refractivity contribution in [2.45, 2.75) is 19.6 Å². The molecule has 1 aromatic carbocycles. The second-order valence-electron chi connectivity index (χ2n) is 5.74. The highest BCUT2D eigenvalue weighted by atomic mass is 19.1. The van der Waals surface area contributed by atoms with E-state index < -0.39 is 0 Å². The first kappa shape index (κ1) is 14.4. The second kappa shape index (κ2) is 5.78. The summed E-state index contributed by atoms with van der Waals surface area (Å²) >= 11 is 0. The fourth-order valence-corrected chi connectivity index (χ4v) is 2.99. The number of hydrogen-bond acceptors (Lipinski definition) is 4. The largest absolute Gasteiger partial charge is 0.345 e. The van der Waals surface area contributed by atoms with E-state index in [4.69, 9.17) is 0 Å². The number of pyridine rings is 1. The van der Waals surface area contributed by atoms with Gasteiger partial charge >= 0.3 is 0 Å². The van der Waals surface area contributed by atoms with Gasteiger partial charge < -0.3 is 4.90 Å². The predicted octanol–water partition coefficient (Wildman–Crippen LogP) is 2.86. The van der Waals surface area contributed by atoms with Crippen LogP contribution in [0, 0.1) is 17.1 Å². The summed E-state index contributed by atoms with van der Waals surface area (Å²) in [5.41, 5.74) is 3.80. The van der Waals surface area contributed by atoms with Crippen LogP contribution in [0.3, 0.4) is 0 Å². The normalized spacial score (nSPS) is 12.9. The van der Waals surface area contributed by atoms with Crippen LogP contribution in [-0.2, 0) is 19.6 Å². The Hall–Kier alpha value is -3.20. The zero-order chi connectivity index (χ0) is 16.5. The van der Waals surface area contributed by atoms with Crippen molar-refractivity contribution in [2.24, 2.45) is 0 Å². The highest BCUT2D eigenvalue weighted by Crippen LogP contribution is 2.29. The Morgan fingerprint density at radius 1 is 1.17 bits per heavy atom. The molecular formula is C18H14FN5. The maximum Gasteiger partial charge on any atom is 0.147 e. The second-order valence-corrected chi connectivity index (χ2v) is 5.74. The van der Waals surface area contributed by atoms with E-state index in [2.05, 4.69) is 21.1 Å². The molecule has 6 heteroatoms. The lowest BCUT2D eigenvalue weighted by Gasteiger charge is -2.18. The molecule has 0 amide bonds. The lowest BCUT2D eigenvalue weighted by atomic mass is 10.2. The van der Waals surface area contributed by atoms with Gasteiger partial charge in [-0.2, -0.15) is 10.4 Å². The fraction of sp³-hybridized carbons (Fsp3) is 0.167. The Morgan fingerprint density at radius 2 is 2.00 bits per heavy atom. The summed E-state index contributed by atoms with van der Waals surface area (Å²) in [4.78, 5) is 6.43. The Morgan fingerprint density at radius 3 is 2.79 bits per heavy atom. The third-order valence-corrected chi connectivity index (χ3v) is 4.19. The SMILES string of the molecule is N#Cc1cccnc1N1Cc2cnn(Cc3ccc(F)cc3)c2C1. The van der Waals surface area contributed by atoms with Gasteiger partial charge in [-0.05, 0) is 29.8 Å². The third-order valence-electron chi connectivity index (χ3n) is 4.19. The number of rotatable bonds is 3. The van der Waals surface area contributed by atoms with Gasteiger partial charge in [-0.15, -0.1) is 0 Å². The van der Waals surface area contributed by atoms with Gasteiger partial charge in [0.15, 0.2) is 0 Å². The van der Waals surface area contributed by atoms with Crippen molar-refractivity contribution < 1.29 is 4.39 Å². The molecule has 0 spiro atoms. The van der Waals surface area contributed by atoms with E-state index in [0.29, 0.717) is 31.0 Å². The first-order chi connectivity index (χ1) is 11.7. The van der Waals surface area contributed by atoms with Crippen molar-refractivity contribution in [2.75, 3.05) is 4.90 Å². The van der Waals surface area contributed by atoms with Gasteiger partial charge in [0.1, 0.15) is 17.7 Å². The van der Waals surface area contributed by atoms with Crippen LogP contribution in [0.15, 0.2) is 48.8 Å². The smallest absolute Gasteiger partial charge is 0.147 e. The van der Waals surface area contributed by atoms with Crippen LogP contribution < -0.4 is 4.90 Å². The molecule has 1 aliphatic heterocycles. The molecule has 3 aromatic rings. The molecule has 2 aromatic heterocycles. The summed E-state index contributed by atoms with van der Waals surface area (Å²) in [5.74, 6) is 0.458. The summed E-state index contributed by atoms with van der Waals surface area (Å²) in [7, 11) is 0. The van der Waals surface area contributed by atoms with Gasteiger partial charge in [0, 0.05) is 18.3 Å². The Bertz CT molecular complexity index is 923. The molecule has 0 unspecified atom stereocenters. The topological polar surface area (TPSA) is 57.7 Å². The van der Waals surface area contributed by atoms with Gasteiger partial charge in [0.05, 0.1) is 30.5 Å². The number of benzene rings is 1. The van der Waals surface area contributed by atoms with E-state index in [1.165, 1.54) is 12.1 Å². The Balaban J connectivity index is 1.59. The van der Waals surface area contributed by atoms with Gasteiger partial charge in [-0.1, -0.05) is 12.1 Å². The van der Waals surface area contributed by atoms with Crippen molar-refractivity contribution in [1.82, 2.24) is 14.8 Å². The average molecular weight is 319 g/mol. The zero-order valence-electron chi connectivity index (χ0n) is 12.9. The van der Waals surface area contributed by atoms with Crippen LogP contribution in [0.5, 0.6) is 0 Å². The van der Waals surface area contributed by atoms with Crippen molar-refractivity contribution in [3.8, 4) is 6.07 Å². The molecule has 5 nitrogen and oxygen atoms in total. The molecule has 0 radical (unpaired) electrons. The number of fused-ring (bicyclic) bond motifs is 1. The molecule has 0 fully saturated rings. The van der Waals surface area contributed by atoms with Crippen LogP contribution in [0.4, 0.5) is 10.2 Å². The van der Waals surface area contributed by atoms with Crippen LogP contribution in [0.1, 0.15) is 22.4 Å². The van der Waals surface area contributed by atoms with E-state index in [1.807, 2.05) is 10.9 Å². The van der Waals surface area contributed by atoms with E-state index in [-0.39, 0.29) is 5.82 Å². The molecule has 1 aliphatic rings. The number of halogens is 1. The standard InChI is InChI=1S/C18H14FN5/c19-16-5-3-13(4-6-16)10-24-17-12-23(11-15(17)9-22-24)18-14(8-20)2-1-7-21-18/h1-7,9H,10-12H2. The minimum Gasteiger partial charge on any atom is -0.345 e. The van der Waals surface area contributed by atoms with E-state index in [1.54, 1.807) is 30.5 Å². The average Bonchev–Trinajstić information content (AvgIpc) is 3.19. The first-order valence-electron chi connectivity index (χ1n) is 7.62. The quantitative estimate of drug-likeness (QED) is 0.745. The Labute approximate surface area is 138 Å². The highest BCUT2D eigenvalue weighted by molar-refractivity contribution is 5.55. The molecule has 0 bridgehead atoms. The summed E-state index contributed by atoms with van der Waals surface area (Å²) in [6, 6.07) is 12.2. The summed E-state index contributed by atoms with van der Waals surface area (Å²) < 4.78 is 15.0. The zero-order valence-corrected chi connectivity index (χ0v) is 12.9. The van der Waals surface area contributed by atoms with E-state index in [9.17, 15) is 9.65 Å². The van der Waals surface area contributed by atoms with Crippen molar-refractivity contribution in [3.63, 3.8) is 0 Å². The maximum absolute atomic E-state index is 13.0. The van der Waals surface area contributed by atoms with E-state index >= 15 is 0 Å². The van der Waals surface area contributed by atoms with Gasteiger partial charge in [0.25, 0.3) is 0 Å². The van der Waals surface area contributed by atoms with Crippen molar-refractivity contribution in [3.05, 3.63) is 77.0 Å². The van der Waals surface area contributed by atoms with Crippen molar-refractivity contribution in [1.29, 1.82) is 5.26 Å². The molecule has 0 saturated heterocycles. The van der Waals surface area contributed by atoms with Crippen molar-refractivity contribution >= 4 is 5.82 Å². The number of hydrogen-bond donors (Lipinski definition) is 0. The number of aromatic nitrogens is 3. The molecule has 4 rings (SSSR count). The van der Waals surface area contributed by atoms with Crippen LogP contribution in [0.2, 0.25) is 0 Å². The van der Waals surface area contributed by atoms with Crippen LogP contribution in [-0.4, -0.2) is 14.8 Å². The molecule has 3 heterocycles. The predicted molar refractivity (Wildman–Crippen MR) is 86.6 cm³/mol. The van der Waals surface area contributed by atoms with Crippen LogP contribution >= 0.6 is 0 Å². The molecule has 118 valence electrons. The van der Waals surface area contributed by atoms with Gasteiger partial charge in [-0.25, -0.2) is 9.37 Å². The lowest BCUT2D eigenvalue weighted by Crippen LogP contribution is -2.19. The summed E-state index contributed by atoms with van der Waals surface area (Å²) in [5, 5.41) is 13.7. The monoisotopic (exact) mass is 319 g/mol. The maximum atomic E-state index is 13.0. The molecule has 0 aliphatic carbocycles. The Kier molecular flexibility index (Phi) is 3.47. The first-order valence-corrected chi connectivity index (χ1v) is 7.62. The molecular weight excluding hydrogens is 305 g/mol. The van der Waals surface area contributed by atoms with E-state index in [0.717, 1.165) is 16.8 Å². The highest BCUT2D eigenvalue weighted by Gasteiger charge is 2.26. The summed E-state index contributed by atoms with van der Waals surface area (Å²) in [6.45, 7) is 1.93. The number of nitriles is 1. The molecule has 0 saturated carbocycles. The van der Waals surface area contributed by atoms with Gasteiger partial charge in [0.2, 0.25) is 0 Å². The third kappa shape index (κ3) is 2.50. The van der Waals surface area contributed by atoms with Gasteiger partial charge in [-0.3, -0.25) is 4.68 Å². The molecule has 0 atom stereocenters. The minimum absolute atomic E-state index is 0.241. The summed E-state index contributed by atoms with van der Waals surface area (Å²) in [6.07, 6.45) is 3.55. The fourth-order valence-electron chi connectivity index (χ4n) is 2.99. The minimum atomic E-state index is -0.241. The molecule has 0 N–H and O–H groups in total. The number of anilines is 1. The molecule has 24 heavy (non-hydrogen) atoms.